The fourth-order valence-electron chi connectivity index (χ4n) is 3.43. The third kappa shape index (κ3) is 4.37. The minimum Gasteiger partial charge on any atom is -0.504 e. The van der Waals surface area contributed by atoms with Gasteiger partial charge in [0.15, 0.2) is 23.1 Å². The van der Waals surface area contributed by atoms with Crippen LogP contribution in [-0.2, 0) is 0 Å². The van der Waals surface area contributed by atoms with Gasteiger partial charge in [0.05, 0.1) is 12.7 Å². The van der Waals surface area contributed by atoms with E-state index in [0.29, 0.717) is 0 Å². The molecule has 152 valence electrons. The molecule has 1 saturated carbocycles. The van der Waals surface area contributed by atoms with Crippen molar-refractivity contribution >= 4 is 0 Å². The van der Waals surface area contributed by atoms with Gasteiger partial charge in [-0.15, -0.1) is 0 Å². The van der Waals surface area contributed by atoms with E-state index < -0.39 is 23.2 Å². The van der Waals surface area contributed by atoms with Crippen LogP contribution in [0.25, 0.3) is 11.1 Å². The van der Waals surface area contributed by atoms with Gasteiger partial charge >= 0.3 is 0 Å². The maximum absolute atomic E-state index is 14.5. The highest BCUT2D eigenvalue weighted by molar-refractivity contribution is 5.72. The topological polar surface area (TPSA) is 38.7 Å². The summed E-state index contributed by atoms with van der Waals surface area (Å²) in [6.07, 6.45) is 6.30. The molecule has 6 heteroatoms. The van der Waals surface area contributed by atoms with E-state index in [1.807, 2.05) is 6.92 Å². The molecule has 0 spiro atoms. The summed E-state index contributed by atoms with van der Waals surface area (Å²) < 4.78 is 54.3. The van der Waals surface area contributed by atoms with Crippen LogP contribution in [0.4, 0.5) is 13.2 Å². The predicted molar refractivity (Wildman–Crippen MR) is 101 cm³/mol. The van der Waals surface area contributed by atoms with Crippen LogP contribution in [0.15, 0.2) is 24.3 Å². The first-order chi connectivity index (χ1) is 13.5. The molecule has 2 aromatic rings. The van der Waals surface area contributed by atoms with Crippen LogP contribution < -0.4 is 9.47 Å². The van der Waals surface area contributed by atoms with Gasteiger partial charge in [-0.1, -0.05) is 19.8 Å². The van der Waals surface area contributed by atoms with Gasteiger partial charge in [0.2, 0.25) is 11.6 Å². The number of ether oxygens (including phenoxy) is 2. The van der Waals surface area contributed by atoms with Gasteiger partial charge in [-0.25, -0.2) is 4.39 Å². The number of unbranched alkanes of at least 4 members (excludes halogenated alkanes) is 2. The Morgan fingerprint density at radius 1 is 0.893 bits per heavy atom. The molecule has 0 radical (unpaired) electrons. The molecule has 1 aliphatic rings. The summed E-state index contributed by atoms with van der Waals surface area (Å²) in [6, 6.07) is 5.25. The Hall–Kier alpha value is -2.37. The van der Waals surface area contributed by atoms with E-state index in [1.54, 1.807) is 0 Å². The Morgan fingerprint density at radius 3 is 2.29 bits per heavy atom. The summed E-state index contributed by atoms with van der Waals surface area (Å²) in [5.74, 6) is -4.34. The summed E-state index contributed by atoms with van der Waals surface area (Å²) >= 11 is 0. The number of phenols is 1. The second-order valence-electron chi connectivity index (χ2n) is 7.09. The molecule has 28 heavy (non-hydrogen) atoms. The van der Waals surface area contributed by atoms with E-state index in [9.17, 15) is 18.3 Å². The first-order valence-electron chi connectivity index (χ1n) is 9.82. The molecular weight excluding hydrogens is 369 g/mol. The van der Waals surface area contributed by atoms with Gasteiger partial charge in [0, 0.05) is 11.1 Å². The first-order valence-corrected chi connectivity index (χ1v) is 9.82. The van der Waals surface area contributed by atoms with Crippen molar-refractivity contribution in [2.75, 3.05) is 6.61 Å². The summed E-state index contributed by atoms with van der Waals surface area (Å²) in [7, 11) is 0. The molecule has 3 nitrogen and oxygen atoms in total. The zero-order valence-corrected chi connectivity index (χ0v) is 15.9. The largest absolute Gasteiger partial charge is 0.504 e. The van der Waals surface area contributed by atoms with Gasteiger partial charge in [-0.2, -0.15) is 8.78 Å². The van der Waals surface area contributed by atoms with E-state index in [2.05, 4.69) is 0 Å². The number of benzene rings is 2. The van der Waals surface area contributed by atoms with Crippen molar-refractivity contribution in [3.8, 4) is 28.4 Å². The smallest absolute Gasteiger partial charge is 0.207 e. The third-order valence-corrected chi connectivity index (χ3v) is 5.02. The summed E-state index contributed by atoms with van der Waals surface area (Å²) in [5, 5.41) is 10.2. The van der Waals surface area contributed by atoms with Crippen molar-refractivity contribution in [2.24, 2.45) is 0 Å². The second-order valence-corrected chi connectivity index (χ2v) is 7.09. The zero-order valence-electron chi connectivity index (χ0n) is 15.9. The lowest BCUT2D eigenvalue weighted by molar-refractivity contribution is 0.198. The standard InChI is InChI=1S/C22H25F3O3/c1-2-3-6-13-27-17-11-9-15(19(23)20(17)24)16-10-12-18(21(25)22(16)26)28-14-7-4-5-8-14/h9-12,14,26H,2-8,13H2,1H3. The van der Waals surface area contributed by atoms with Crippen molar-refractivity contribution in [1.82, 2.24) is 0 Å². The Labute approximate surface area is 163 Å². The van der Waals surface area contributed by atoms with Crippen LogP contribution in [-0.4, -0.2) is 17.8 Å². The van der Waals surface area contributed by atoms with Crippen molar-refractivity contribution in [3.05, 3.63) is 41.7 Å². The summed E-state index contributed by atoms with van der Waals surface area (Å²) in [6.45, 7) is 2.32. The molecule has 3 rings (SSSR count). The van der Waals surface area contributed by atoms with Gasteiger partial charge < -0.3 is 14.6 Å². The maximum atomic E-state index is 14.5. The molecule has 1 aliphatic carbocycles. The number of phenolic OH excluding ortho intramolecular Hbond substituents is 1. The van der Waals surface area contributed by atoms with E-state index >= 15 is 0 Å². The van der Waals surface area contributed by atoms with Crippen LogP contribution in [0.3, 0.4) is 0 Å². The number of hydrogen-bond donors (Lipinski definition) is 1. The van der Waals surface area contributed by atoms with Gasteiger partial charge in [0.25, 0.3) is 0 Å². The Bertz CT molecular complexity index is 817. The lowest BCUT2D eigenvalue weighted by Gasteiger charge is -2.16. The Morgan fingerprint density at radius 2 is 1.57 bits per heavy atom. The fraction of sp³-hybridized carbons (Fsp3) is 0.455. The lowest BCUT2D eigenvalue weighted by atomic mass is 10.0. The summed E-state index contributed by atoms with van der Waals surface area (Å²) in [5.41, 5.74) is -0.368. The molecule has 0 heterocycles. The molecule has 0 bridgehead atoms. The van der Waals surface area contributed by atoms with E-state index in [1.165, 1.54) is 24.3 Å². The molecule has 0 atom stereocenters. The molecule has 0 saturated heterocycles. The Kier molecular flexibility index (Phi) is 6.70. The zero-order chi connectivity index (χ0) is 20.1. The number of halogens is 3. The van der Waals surface area contributed by atoms with Crippen LogP contribution >= 0.6 is 0 Å². The lowest BCUT2D eigenvalue weighted by Crippen LogP contribution is -2.12. The quantitative estimate of drug-likeness (QED) is 0.529. The maximum Gasteiger partial charge on any atom is 0.207 e. The number of hydrogen-bond acceptors (Lipinski definition) is 3. The molecule has 2 aromatic carbocycles. The highest BCUT2D eigenvalue weighted by Gasteiger charge is 2.23. The molecule has 1 fully saturated rings. The van der Waals surface area contributed by atoms with Crippen LogP contribution in [0.5, 0.6) is 17.2 Å². The molecule has 0 amide bonds. The van der Waals surface area contributed by atoms with Crippen molar-refractivity contribution in [3.63, 3.8) is 0 Å². The number of aromatic hydroxyl groups is 1. The van der Waals surface area contributed by atoms with Gasteiger partial charge in [-0.05, 0) is 56.4 Å². The highest BCUT2D eigenvalue weighted by Crippen LogP contribution is 2.40. The summed E-state index contributed by atoms with van der Waals surface area (Å²) in [4.78, 5) is 0. The average molecular weight is 394 g/mol. The average Bonchev–Trinajstić information content (AvgIpc) is 3.20. The Balaban J connectivity index is 1.82. The van der Waals surface area contributed by atoms with Crippen LogP contribution in [0.2, 0.25) is 0 Å². The minimum absolute atomic E-state index is 0.0788. The minimum atomic E-state index is -1.19. The molecule has 0 aromatic heterocycles. The predicted octanol–water partition coefficient (Wildman–Crippen LogP) is 6.37. The van der Waals surface area contributed by atoms with Crippen molar-refractivity contribution < 1.29 is 27.8 Å². The SMILES string of the molecule is CCCCCOc1ccc(-c2ccc(OC3CCCC3)c(F)c2O)c(F)c1F. The normalized spacial score (nSPS) is 14.4. The highest BCUT2D eigenvalue weighted by atomic mass is 19.2. The third-order valence-electron chi connectivity index (χ3n) is 5.02. The van der Waals surface area contributed by atoms with Crippen molar-refractivity contribution in [1.29, 1.82) is 0 Å². The van der Waals surface area contributed by atoms with Crippen LogP contribution in [0.1, 0.15) is 51.9 Å². The molecule has 0 aliphatic heterocycles. The van der Waals surface area contributed by atoms with Crippen molar-refractivity contribution in [2.45, 2.75) is 58.0 Å². The number of rotatable bonds is 8. The monoisotopic (exact) mass is 394 g/mol. The van der Waals surface area contributed by atoms with Gasteiger partial charge in [0.1, 0.15) is 0 Å². The van der Waals surface area contributed by atoms with E-state index in [4.69, 9.17) is 9.47 Å². The molecule has 0 unspecified atom stereocenters. The van der Waals surface area contributed by atoms with Crippen LogP contribution in [0, 0.1) is 17.5 Å². The van der Waals surface area contributed by atoms with E-state index in [-0.39, 0.29) is 35.3 Å². The molecule has 1 N–H and O–H groups in total. The molecular formula is C22H25F3O3. The van der Waals surface area contributed by atoms with Gasteiger partial charge in [-0.3, -0.25) is 0 Å². The first kappa shape index (κ1) is 20.4. The fourth-order valence-corrected chi connectivity index (χ4v) is 3.43. The van der Waals surface area contributed by atoms with E-state index in [0.717, 1.165) is 44.9 Å². The second kappa shape index (κ2) is 9.22.